The molecule has 3 heterocycles. The van der Waals surface area contributed by atoms with Gasteiger partial charge in [0.2, 0.25) is 0 Å². The third-order valence-corrected chi connectivity index (χ3v) is 2.49. The van der Waals surface area contributed by atoms with Crippen molar-refractivity contribution in [2.45, 2.75) is 13.8 Å². The minimum absolute atomic E-state index is 0.519. The number of nitrogens with zero attached hydrogens (tertiary/aromatic N) is 3. The summed E-state index contributed by atoms with van der Waals surface area (Å²) in [6.45, 7) is 3.12. The Morgan fingerprint density at radius 3 is 2.63 bits per heavy atom. The van der Waals surface area contributed by atoms with Crippen LogP contribution in [0.4, 0.5) is 5.82 Å². The molecule has 19 heavy (non-hydrogen) atoms. The molecule has 0 amide bonds. The van der Waals surface area contributed by atoms with Crippen molar-refractivity contribution in [1.82, 2.24) is 14.4 Å². The first-order valence-electron chi connectivity index (χ1n) is 5.68. The van der Waals surface area contributed by atoms with Gasteiger partial charge in [-0.15, -0.1) is 0 Å². The zero-order chi connectivity index (χ0) is 14.0. The summed E-state index contributed by atoms with van der Waals surface area (Å²) >= 11 is 0. The highest BCUT2D eigenvalue weighted by atomic mass is 16.4. The number of nitrogens with two attached hydrogens (primary N) is 1. The van der Waals surface area contributed by atoms with E-state index in [9.17, 15) is 0 Å². The number of aromatic nitrogens is 3. The first kappa shape index (κ1) is 12.8. The number of carbonyl (C=O) groups is 1. The number of anilines is 1. The van der Waals surface area contributed by atoms with Gasteiger partial charge < -0.3 is 10.8 Å². The molecule has 0 atom stereocenters. The van der Waals surface area contributed by atoms with Crippen LogP contribution in [-0.2, 0) is 4.79 Å². The quantitative estimate of drug-likeness (QED) is 0.642. The van der Waals surface area contributed by atoms with Gasteiger partial charge in [0.15, 0.2) is 5.65 Å². The molecule has 3 rings (SSSR count). The SMILES string of the molecule is CC(=O)O.Cc1cccn2c1nc1ccc(N)nc12. The third-order valence-electron chi connectivity index (χ3n) is 2.49. The van der Waals surface area contributed by atoms with Crippen molar-refractivity contribution in [1.29, 1.82) is 0 Å². The first-order valence-corrected chi connectivity index (χ1v) is 5.68. The van der Waals surface area contributed by atoms with Gasteiger partial charge in [-0.05, 0) is 30.7 Å². The van der Waals surface area contributed by atoms with Crippen molar-refractivity contribution < 1.29 is 9.90 Å². The lowest BCUT2D eigenvalue weighted by Crippen LogP contribution is -1.92. The van der Waals surface area contributed by atoms with E-state index in [0.29, 0.717) is 5.82 Å². The van der Waals surface area contributed by atoms with Crippen molar-refractivity contribution in [3.63, 3.8) is 0 Å². The Kier molecular flexibility index (Phi) is 3.33. The number of pyridine rings is 2. The molecule has 6 nitrogen and oxygen atoms in total. The number of hydrogen-bond acceptors (Lipinski definition) is 4. The molecule has 3 aromatic rings. The molecule has 0 aromatic carbocycles. The molecule has 0 unspecified atom stereocenters. The van der Waals surface area contributed by atoms with Crippen LogP contribution in [0.2, 0.25) is 0 Å². The highest BCUT2D eigenvalue weighted by Gasteiger charge is 2.06. The average molecular weight is 258 g/mol. The highest BCUT2D eigenvalue weighted by molar-refractivity contribution is 5.79. The third kappa shape index (κ3) is 2.62. The van der Waals surface area contributed by atoms with E-state index in [2.05, 4.69) is 9.97 Å². The molecule has 0 aliphatic carbocycles. The van der Waals surface area contributed by atoms with Crippen molar-refractivity contribution >= 4 is 28.6 Å². The van der Waals surface area contributed by atoms with Crippen molar-refractivity contribution in [2.24, 2.45) is 0 Å². The topological polar surface area (TPSA) is 93.5 Å². The minimum Gasteiger partial charge on any atom is -0.481 e. The van der Waals surface area contributed by atoms with Gasteiger partial charge >= 0.3 is 0 Å². The number of imidazole rings is 1. The fourth-order valence-corrected chi connectivity index (χ4v) is 1.76. The van der Waals surface area contributed by atoms with E-state index in [1.165, 1.54) is 0 Å². The predicted octanol–water partition coefficient (Wildman–Crippen LogP) is 1.86. The van der Waals surface area contributed by atoms with E-state index in [1.54, 1.807) is 6.07 Å². The van der Waals surface area contributed by atoms with Crippen LogP contribution in [0.3, 0.4) is 0 Å². The van der Waals surface area contributed by atoms with Crippen molar-refractivity contribution in [3.8, 4) is 0 Å². The van der Waals surface area contributed by atoms with Gasteiger partial charge in [-0.25, -0.2) is 9.97 Å². The Balaban J connectivity index is 0.000000297. The second-order valence-corrected chi connectivity index (χ2v) is 4.09. The zero-order valence-corrected chi connectivity index (χ0v) is 10.7. The summed E-state index contributed by atoms with van der Waals surface area (Å²) in [5.74, 6) is -0.314. The fourth-order valence-electron chi connectivity index (χ4n) is 1.76. The number of carboxylic acid groups (broad SMARTS) is 1. The van der Waals surface area contributed by atoms with E-state index in [-0.39, 0.29) is 0 Å². The predicted molar refractivity (Wildman–Crippen MR) is 73.0 cm³/mol. The highest BCUT2D eigenvalue weighted by Crippen LogP contribution is 2.17. The molecule has 0 fully saturated rings. The molecule has 3 N–H and O–H groups in total. The summed E-state index contributed by atoms with van der Waals surface area (Å²) in [5.41, 5.74) is 9.42. The maximum absolute atomic E-state index is 9.00. The maximum atomic E-state index is 9.00. The summed E-state index contributed by atoms with van der Waals surface area (Å²) in [7, 11) is 0. The average Bonchev–Trinajstić information content (AvgIpc) is 2.68. The second-order valence-electron chi connectivity index (χ2n) is 4.09. The Bertz CT molecular complexity index is 745. The van der Waals surface area contributed by atoms with Crippen LogP contribution in [0.5, 0.6) is 0 Å². The van der Waals surface area contributed by atoms with E-state index < -0.39 is 5.97 Å². The van der Waals surface area contributed by atoms with Crippen LogP contribution < -0.4 is 5.73 Å². The fraction of sp³-hybridized carbons (Fsp3) is 0.154. The maximum Gasteiger partial charge on any atom is 0.300 e. The van der Waals surface area contributed by atoms with Gasteiger partial charge in [0.25, 0.3) is 5.97 Å². The van der Waals surface area contributed by atoms with Gasteiger partial charge in [-0.1, -0.05) is 6.07 Å². The first-order chi connectivity index (χ1) is 8.99. The van der Waals surface area contributed by atoms with Crippen LogP contribution >= 0.6 is 0 Å². The molecule has 0 aliphatic rings. The number of aliphatic carboxylic acids is 1. The standard InChI is InChI=1S/C11H10N4.C2H4O2/c1-7-3-2-6-15-10(7)13-8-4-5-9(12)14-11(8)15;1-2(3)4/h2-6H,1H3,(H2,12,14);1H3,(H,3,4). The lowest BCUT2D eigenvalue weighted by atomic mass is 10.3. The number of rotatable bonds is 0. The van der Waals surface area contributed by atoms with E-state index in [1.807, 2.05) is 35.7 Å². The molecule has 0 saturated heterocycles. The lowest BCUT2D eigenvalue weighted by molar-refractivity contribution is -0.134. The molecule has 0 radical (unpaired) electrons. The van der Waals surface area contributed by atoms with E-state index >= 15 is 0 Å². The molecular formula is C13H14N4O2. The number of aryl methyl sites for hydroxylation is 1. The van der Waals surface area contributed by atoms with Crippen LogP contribution in [0, 0.1) is 6.92 Å². The monoisotopic (exact) mass is 258 g/mol. The number of hydrogen-bond donors (Lipinski definition) is 2. The van der Waals surface area contributed by atoms with Crippen LogP contribution in [0.1, 0.15) is 12.5 Å². The van der Waals surface area contributed by atoms with Crippen LogP contribution in [0.25, 0.3) is 16.8 Å². The minimum atomic E-state index is -0.833. The normalized spacial score (nSPS) is 10.2. The number of carboxylic acids is 1. The second kappa shape index (κ2) is 4.93. The smallest absolute Gasteiger partial charge is 0.300 e. The lowest BCUT2D eigenvalue weighted by Gasteiger charge is -1.96. The molecule has 0 bridgehead atoms. The summed E-state index contributed by atoms with van der Waals surface area (Å²) in [6, 6.07) is 7.67. The molecular weight excluding hydrogens is 244 g/mol. The summed E-state index contributed by atoms with van der Waals surface area (Å²) < 4.78 is 1.96. The Labute approximate surface area is 109 Å². The van der Waals surface area contributed by atoms with Crippen molar-refractivity contribution in [2.75, 3.05) is 5.73 Å². The van der Waals surface area contributed by atoms with Gasteiger partial charge in [-0.2, -0.15) is 0 Å². The van der Waals surface area contributed by atoms with Gasteiger partial charge in [0.1, 0.15) is 17.0 Å². The Morgan fingerprint density at radius 1 is 1.26 bits per heavy atom. The van der Waals surface area contributed by atoms with Crippen LogP contribution in [0.15, 0.2) is 30.5 Å². The van der Waals surface area contributed by atoms with Crippen LogP contribution in [-0.4, -0.2) is 25.4 Å². The van der Waals surface area contributed by atoms with Gasteiger partial charge in [0.05, 0.1) is 0 Å². The summed E-state index contributed by atoms with van der Waals surface area (Å²) in [6.07, 6.45) is 1.95. The Hall–Kier alpha value is -2.63. The number of fused-ring (bicyclic) bond motifs is 3. The Morgan fingerprint density at radius 2 is 1.95 bits per heavy atom. The van der Waals surface area contributed by atoms with Gasteiger partial charge in [-0.3, -0.25) is 9.20 Å². The number of nitrogen functional groups attached to an aromatic ring is 1. The van der Waals surface area contributed by atoms with Crippen molar-refractivity contribution in [3.05, 3.63) is 36.0 Å². The molecule has 6 heteroatoms. The van der Waals surface area contributed by atoms with Gasteiger partial charge in [0, 0.05) is 13.1 Å². The summed E-state index contributed by atoms with van der Waals surface area (Å²) in [4.78, 5) is 17.8. The zero-order valence-electron chi connectivity index (χ0n) is 10.7. The molecule has 3 aromatic heterocycles. The molecule has 0 spiro atoms. The van der Waals surface area contributed by atoms with E-state index in [4.69, 9.17) is 15.6 Å². The molecule has 0 saturated carbocycles. The summed E-state index contributed by atoms with van der Waals surface area (Å²) in [5, 5.41) is 7.42. The largest absolute Gasteiger partial charge is 0.481 e. The molecule has 0 aliphatic heterocycles. The molecule has 98 valence electrons. The van der Waals surface area contributed by atoms with E-state index in [0.717, 1.165) is 29.3 Å².